The molecule has 28 heavy (non-hydrogen) atoms. The molecule has 0 atom stereocenters. The smallest absolute Gasteiger partial charge is 0.186 e. The number of aromatic nitrogens is 3. The summed E-state index contributed by atoms with van der Waals surface area (Å²) in [7, 11) is 0. The number of rotatable bonds is 7. The maximum absolute atomic E-state index is 12.6. The van der Waals surface area contributed by atoms with Crippen molar-refractivity contribution < 1.29 is 4.79 Å². The van der Waals surface area contributed by atoms with Crippen LogP contribution in [0.25, 0.3) is 16.8 Å². The number of likely N-dealkylation sites (N-methyl/N-ethyl adjacent to an activating group) is 1. The molecular weight excluding hydrogens is 372 g/mol. The van der Waals surface area contributed by atoms with Crippen LogP contribution in [0.2, 0.25) is 0 Å². The maximum Gasteiger partial charge on any atom is 0.186 e. The Morgan fingerprint density at radius 2 is 2.04 bits per heavy atom. The van der Waals surface area contributed by atoms with Crippen LogP contribution in [0.1, 0.15) is 23.5 Å². The third-order valence-corrected chi connectivity index (χ3v) is 6.24. The number of anilines is 1. The third kappa shape index (κ3) is 3.80. The van der Waals surface area contributed by atoms with Gasteiger partial charge in [-0.15, -0.1) is 11.3 Å². The molecular formula is C20H26N6OS. The molecule has 0 unspecified atom stereocenters. The molecule has 4 heterocycles. The zero-order valence-corrected chi connectivity index (χ0v) is 17.2. The van der Waals surface area contributed by atoms with Gasteiger partial charge in [0.05, 0.1) is 35.7 Å². The van der Waals surface area contributed by atoms with Gasteiger partial charge in [-0.3, -0.25) is 9.69 Å². The number of nitrogens with one attached hydrogen (secondary N) is 1. The Balaban J connectivity index is 1.56. The number of piperazine rings is 1. The number of ketones is 1. The molecule has 7 nitrogen and oxygen atoms in total. The summed E-state index contributed by atoms with van der Waals surface area (Å²) >= 11 is 1.50. The molecule has 1 aliphatic heterocycles. The van der Waals surface area contributed by atoms with Crippen LogP contribution in [0.15, 0.2) is 30.0 Å². The summed E-state index contributed by atoms with van der Waals surface area (Å²) in [5.74, 6) is 0.172. The van der Waals surface area contributed by atoms with E-state index in [-0.39, 0.29) is 5.78 Å². The van der Waals surface area contributed by atoms with Crippen molar-refractivity contribution in [1.82, 2.24) is 24.8 Å². The van der Waals surface area contributed by atoms with Crippen LogP contribution in [-0.2, 0) is 0 Å². The first-order chi connectivity index (χ1) is 13.7. The average Bonchev–Trinajstić information content (AvgIpc) is 3.39. The van der Waals surface area contributed by atoms with Crippen molar-refractivity contribution in [1.29, 1.82) is 0 Å². The molecule has 4 rings (SSSR count). The zero-order chi connectivity index (χ0) is 19.5. The summed E-state index contributed by atoms with van der Waals surface area (Å²) in [5, 5.41) is 9.89. The average molecular weight is 399 g/mol. The highest BCUT2D eigenvalue weighted by Crippen LogP contribution is 2.29. The second kappa shape index (κ2) is 8.38. The number of carbonyl (C=O) groups excluding carboxylic acids is 1. The van der Waals surface area contributed by atoms with Gasteiger partial charge in [-0.2, -0.15) is 5.10 Å². The van der Waals surface area contributed by atoms with Gasteiger partial charge in [0, 0.05) is 31.7 Å². The zero-order valence-electron chi connectivity index (χ0n) is 16.4. The topological polar surface area (TPSA) is 65.8 Å². The second-order valence-corrected chi connectivity index (χ2v) is 7.87. The van der Waals surface area contributed by atoms with Gasteiger partial charge in [0.2, 0.25) is 0 Å². The molecule has 0 saturated carbocycles. The highest BCUT2D eigenvalue weighted by Gasteiger charge is 2.17. The predicted octanol–water partition coefficient (Wildman–Crippen LogP) is 2.39. The van der Waals surface area contributed by atoms with E-state index in [0.29, 0.717) is 6.54 Å². The molecule has 1 aliphatic rings. The maximum atomic E-state index is 12.6. The molecule has 0 radical (unpaired) electrons. The first-order valence-corrected chi connectivity index (χ1v) is 10.7. The summed E-state index contributed by atoms with van der Waals surface area (Å²) < 4.78 is 1.84. The molecule has 0 aromatic carbocycles. The Morgan fingerprint density at radius 1 is 1.25 bits per heavy atom. The lowest BCUT2D eigenvalue weighted by Crippen LogP contribution is -2.43. The normalized spacial score (nSPS) is 14.9. The standard InChI is InChI=1S/C20H26N6OS/c1-3-24(4-2)13-18(27)19-9-15(14-28-19)17-11-23-26-12-16(10-22-20(17)26)25-7-5-21-6-8-25/h9-12,14,21H,3-8,13H2,1-2H3. The first kappa shape index (κ1) is 19.0. The lowest BCUT2D eigenvalue weighted by atomic mass is 10.1. The van der Waals surface area contributed by atoms with Crippen LogP contribution >= 0.6 is 11.3 Å². The predicted molar refractivity (Wildman–Crippen MR) is 114 cm³/mol. The summed E-state index contributed by atoms with van der Waals surface area (Å²) in [6, 6.07) is 1.97. The minimum atomic E-state index is 0.172. The Morgan fingerprint density at radius 3 is 2.79 bits per heavy atom. The van der Waals surface area contributed by atoms with Crippen molar-refractivity contribution in [2.75, 3.05) is 50.7 Å². The van der Waals surface area contributed by atoms with Crippen molar-refractivity contribution in [2.24, 2.45) is 0 Å². The number of carbonyl (C=O) groups is 1. The van der Waals surface area contributed by atoms with Crippen molar-refractivity contribution in [2.45, 2.75) is 13.8 Å². The van der Waals surface area contributed by atoms with Crippen LogP contribution in [0.5, 0.6) is 0 Å². The fraction of sp³-hybridized carbons (Fsp3) is 0.450. The van der Waals surface area contributed by atoms with E-state index in [1.54, 1.807) is 0 Å². The van der Waals surface area contributed by atoms with Gasteiger partial charge in [0.15, 0.2) is 11.4 Å². The SMILES string of the molecule is CCN(CC)CC(=O)c1cc(-c2cnn3cc(N4CCNCC4)cnc23)cs1. The lowest BCUT2D eigenvalue weighted by molar-refractivity contribution is 0.0941. The number of Topliss-reactive ketones (excluding diaryl/α,β-unsaturated/α-hetero) is 1. The minimum Gasteiger partial charge on any atom is -0.366 e. The number of fused-ring (bicyclic) bond motifs is 1. The molecule has 0 bridgehead atoms. The Kier molecular flexibility index (Phi) is 5.70. The first-order valence-electron chi connectivity index (χ1n) is 9.83. The van der Waals surface area contributed by atoms with Crippen LogP contribution in [-0.4, -0.2) is 71.1 Å². The molecule has 3 aromatic heterocycles. The molecule has 3 aromatic rings. The molecule has 1 saturated heterocycles. The van der Waals surface area contributed by atoms with Crippen molar-refractivity contribution >= 4 is 28.5 Å². The van der Waals surface area contributed by atoms with Crippen LogP contribution in [0, 0.1) is 0 Å². The monoisotopic (exact) mass is 398 g/mol. The highest BCUT2D eigenvalue weighted by atomic mass is 32.1. The van der Waals surface area contributed by atoms with Gasteiger partial charge >= 0.3 is 0 Å². The lowest BCUT2D eigenvalue weighted by Gasteiger charge is -2.28. The number of hydrogen-bond donors (Lipinski definition) is 1. The summed E-state index contributed by atoms with van der Waals surface area (Å²) in [4.78, 5) is 22.5. The van der Waals surface area contributed by atoms with E-state index in [4.69, 9.17) is 0 Å². The molecule has 148 valence electrons. The van der Waals surface area contributed by atoms with Gasteiger partial charge in [0.25, 0.3) is 0 Å². The van der Waals surface area contributed by atoms with Gasteiger partial charge in [0.1, 0.15) is 0 Å². The van der Waals surface area contributed by atoms with Crippen LogP contribution < -0.4 is 10.2 Å². The number of nitrogens with zero attached hydrogens (tertiary/aromatic N) is 5. The minimum absolute atomic E-state index is 0.172. The fourth-order valence-electron chi connectivity index (χ4n) is 3.51. The molecule has 1 fully saturated rings. The second-order valence-electron chi connectivity index (χ2n) is 6.96. The largest absolute Gasteiger partial charge is 0.366 e. The van der Waals surface area contributed by atoms with E-state index in [2.05, 4.69) is 39.0 Å². The van der Waals surface area contributed by atoms with Gasteiger partial charge in [-0.1, -0.05) is 13.8 Å². The Hall–Kier alpha value is -2.29. The van der Waals surface area contributed by atoms with Gasteiger partial charge in [-0.25, -0.2) is 9.50 Å². The van der Waals surface area contributed by atoms with E-state index in [9.17, 15) is 4.79 Å². The molecule has 8 heteroatoms. The quantitative estimate of drug-likeness (QED) is 0.617. The van der Waals surface area contributed by atoms with Gasteiger partial charge in [-0.05, 0) is 30.1 Å². The van der Waals surface area contributed by atoms with E-state index >= 15 is 0 Å². The Labute approximate surface area is 169 Å². The molecule has 0 aliphatic carbocycles. The fourth-order valence-corrected chi connectivity index (χ4v) is 4.35. The number of thiophene rings is 1. The molecule has 1 N–H and O–H groups in total. The van der Waals surface area contributed by atoms with Crippen LogP contribution in [0.3, 0.4) is 0 Å². The molecule has 0 amide bonds. The third-order valence-electron chi connectivity index (χ3n) is 5.27. The van der Waals surface area contributed by atoms with Crippen molar-refractivity contribution in [3.8, 4) is 11.1 Å². The highest BCUT2D eigenvalue weighted by molar-refractivity contribution is 7.12. The Bertz CT molecular complexity index is 955. The summed E-state index contributed by atoms with van der Waals surface area (Å²) in [5.41, 5.74) is 3.87. The van der Waals surface area contributed by atoms with E-state index in [1.165, 1.54) is 11.3 Å². The molecule has 0 spiro atoms. The number of hydrogen-bond acceptors (Lipinski definition) is 7. The van der Waals surface area contributed by atoms with E-state index in [0.717, 1.165) is 66.6 Å². The van der Waals surface area contributed by atoms with Crippen LogP contribution in [0.4, 0.5) is 5.69 Å². The summed E-state index contributed by atoms with van der Waals surface area (Å²) in [6.45, 7) is 10.3. The van der Waals surface area contributed by atoms with E-state index < -0.39 is 0 Å². The van der Waals surface area contributed by atoms with E-state index in [1.807, 2.05) is 34.6 Å². The van der Waals surface area contributed by atoms with Crippen molar-refractivity contribution in [3.05, 3.63) is 34.9 Å². The van der Waals surface area contributed by atoms with Gasteiger partial charge < -0.3 is 10.2 Å². The van der Waals surface area contributed by atoms with Crippen molar-refractivity contribution in [3.63, 3.8) is 0 Å². The summed E-state index contributed by atoms with van der Waals surface area (Å²) in [6.07, 6.45) is 5.80.